The molecule has 4 heteroatoms. The normalized spacial score (nSPS) is 23.6. The summed E-state index contributed by atoms with van der Waals surface area (Å²) in [6, 6.07) is 9.36. The van der Waals surface area contributed by atoms with E-state index < -0.39 is 6.10 Å². The van der Waals surface area contributed by atoms with Crippen LogP contribution in [0.4, 0.5) is 0 Å². The molecule has 2 heterocycles. The highest BCUT2D eigenvalue weighted by atomic mass is 16.5. The van der Waals surface area contributed by atoms with E-state index in [1.54, 1.807) is 6.07 Å². The molecule has 0 aliphatic carbocycles. The molecule has 1 aromatic heterocycles. The lowest BCUT2D eigenvalue weighted by molar-refractivity contribution is 0.0385. The van der Waals surface area contributed by atoms with E-state index in [-0.39, 0.29) is 11.9 Å². The Morgan fingerprint density at radius 2 is 2.17 bits per heavy atom. The van der Waals surface area contributed by atoms with Gasteiger partial charge in [0, 0.05) is 11.9 Å². The molecule has 94 valence electrons. The average molecular weight is 245 g/mol. The van der Waals surface area contributed by atoms with Crippen LogP contribution in [0.15, 0.2) is 34.7 Å². The highest BCUT2D eigenvalue weighted by Gasteiger charge is 2.32. The molecular weight excluding hydrogens is 230 g/mol. The fourth-order valence-electron chi connectivity index (χ4n) is 2.33. The van der Waals surface area contributed by atoms with E-state index in [2.05, 4.69) is 0 Å². The fraction of sp³-hybridized carbons (Fsp3) is 0.357. The summed E-state index contributed by atoms with van der Waals surface area (Å²) in [7, 11) is 0. The zero-order chi connectivity index (χ0) is 12.5. The van der Waals surface area contributed by atoms with Crippen molar-refractivity contribution in [2.45, 2.75) is 25.0 Å². The van der Waals surface area contributed by atoms with Crippen LogP contribution in [0.5, 0.6) is 0 Å². The van der Waals surface area contributed by atoms with E-state index in [0.29, 0.717) is 12.3 Å². The number of ketones is 1. The standard InChI is InChI=1S/C14H15NO3/c15-8-10-5-6-12(17-10)14(16)13-7-9-3-1-2-4-11(9)18-13/h1-4,7,10,12H,5-6,8,15H2. The predicted octanol–water partition coefficient (Wildman–Crippen LogP) is 2.12. The molecule has 2 atom stereocenters. The summed E-state index contributed by atoms with van der Waals surface area (Å²) < 4.78 is 11.1. The first-order valence-electron chi connectivity index (χ1n) is 6.16. The molecule has 2 unspecified atom stereocenters. The number of ether oxygens (including phenoxy) is 1. The number of fused-ring (bicyclic) bond motifs is 1. The van der Waals surface area contributed by atoms with Crippen molar-refractivity contribution < 1.29 is 13.9 Å². The van der Waals surface area contributed by atoms with E-state index in [1.165, 1.54) is 0 Å². The van der Waals surface area contributed by atoms with Crippen molar-refractivity contribution in [2.75, 3.05) is 6.54 Å². The Balaban J connectivity index is 1.84. The second-order valence-corrected chi connectivity index (χ2v) is 4.57. The van der Waals surface area contributed by atoms with Crippen LogP contribution in [-0.2, 0) is 4.74 Å². The number of benzene rings is 1. The largest absolute Gasteiger partial charge is 0.453 e. The minimum Gasteiger partial charge on any atom is -0.453 e. The zero-order valence-corrected chi connectivity index (χ0v) is 9.96. The molecule has 2 aromatic rings. The van der Waals surface area contributed by atoms with Crippen LogP contribution >= 0.6 is 0 Å². The summed E-state index contributed by atoms with van der Waals surface area (Å²) in [5.41, 5.74) is 6.27. The van der Waals surface area contributed by atoms with Crippen LogP contribution in [0.2, 0.25) is 0 Å². The molecule has 0 bridgehead atoms. The topological polar surface area (TPSA) is 65.5 Å². The molecule has 1 aromatic carbocycles. The number of Topliss-reactive ketones (excluding diaryl/α,β-unsaturated/α-hetero) is 1. The monoisotopic (exact) mass is 245 g/mol. The second-order valence-electron chi connectivity index (χ2n) is 4.57. The van der Waals surface area contributed by atoms with E-state index in [0.717, 1.165) is 23.8 Å². The summed E-state index contributed by atoms with van der Waals surface area (Å²) in [5.74, 6) is 0.293. The Morgan fingerprint density at radius 3 is 2.89 bits per heavy atom. The Hall–Kier alpha value is -1.65. The molecular formula is C14H15NO3. The number of carbonyl (C=O) groups excluding carboxylic acids is 1. The number of nitrogens with two attached hydrogens (primary N) is 1. The fourth-order valence-corrected chi connectivity index (χ4v) is 2.33. The number of furan rings is 1. The molecule has 2 N–H and O–H groups in total. The van der Waals surface area contributed by atoms with Crippen molar-refractivity contribution in [2.24, 2.45) is 5.73 Å². The van der Waals surface area contributed by atoms with Crippen molar-refractivity contribution in [1.29, 1.82) is 0 Å². The van der Waals surface area contributed by atoms with Crippen LogP contribution in [0.1, 0.15) is 23.4 Å². The number of hydrogen-bond donors (Lipinski definition) is 1. The van der Waals surface area contributed by atoms with Gasteiger partial charge in [-0.25, -0.2) is 0 Å². The Morgan fingerprint density at radius 1 is 1.33 bits per heavy atom. The van der Waals surface area contributed by atoms with Crippen molar-refractivity contribution in [1.82, 2.24) is 0 Å². The minimum atomic E-state index is -0.404. The first-order chi connectivity index (χ1) is 8.78. The first kappa shape index (κ1) is 11.4. The molecule has 0 spiro atoms. The van der Waals surface area contributed by atoms with Crippen LogP contribution in [0, 0.1) is 0 Å². The van der Waals surface area contributed by atoms with Crippen molar-refractivity contribution in [3.63, 3.8) is 0 Å². The summed E-state index contributed by atoms with van der Waals surface area (Å²) >= 11 is 0. The molecule has 1 aliphatic rings. The Bertz CT molecular complexity index is 542. The summed E-state index contributed by atoms with van der Waals surface area (Å²) in [5, 5.41) is 0.939. The van der Waals surface area contributed by atoms with Gasteiger partial charge in [0.1, 0.15) is 11.7 Å². The highest BCUT2D eigenvalue weighted by Crippen LogP contribution is 2.25. The van der Waals surface area contributed by atoms with Gasteiger partial charge in [-0.05, 0) is 25.0 Å². The van der Waals surface area contributed by atoms with E-state index in [4.69, 9.17) is 14.9 Å². The lowest BCUT2D eigenvalue weighted by Crippen LogP contribution is -2.24. The van der Waals surface area contributed by atoms with Gasteiger partial charge < -0.3 is 14.9 Å². The number of rotatable bonds is 3. The van der Waals surface area contributed by atoms with E-state index in [1.807, 2.05) is 24.3 Å². The summed E-state index contributed by atoms with van der Waals surface area (Å²) in [4.78, 5) is 12.2. The van der Waals surface area contributed by atoms with Crippen LogP contribution in [-0.4, -0.2) is 24.5 Å². The van der Waals surface area contributed by atoms with Gasteiger partial charge in [-0.3, -0.25) is 4.79 Å². The lowest BCUT2D eigenvalue weighted by Gasteiger charge is -2.09. The molecule has 0 saturated carbocycles. The van der Waals surface area contributed by atoms with Gasteiger partial charge in [0.25, 0.3) is 0 Å². The number of hydrogen-bond acceptors (Lipinski definition) is 4. The predicted molar refractivity (Wildman–Crippen MR) is 67.5 cm³/mol. The number of para-hydroxylation sites is 1. The molecule has 18 heavy (non-hydrogen) atoms. The van der Waals surface area contributed by atoms with E-state index >= 15 is 0 Å². The maximum absolute atomic E-state index is 12.2. The number of carbonyl (C=O) groups is 1. The average Bonchev–Trinajstić information content (AvgIpc) is 3.04. The van der Waals surface area contributed by atoms with Gasteiger partial charge in [0.15, 0.2) is 5.76 Å². The van der Waals surface area contributed by atoms with Gasteiger partial charge >= 0.3 is 0 Å². The lowest BCUT2D eigenvalue weighted by atomic mass is 10.1. The van der Waals surface area contributed by atoms with Crippen LogP contribution in [0.3, 0.4) is 0 Å². The maximum atomic E-state index is 12.2. The second kappa shape index (κ2) is 4.55. The minimum absolute atomic E-state index is 0.00308. The van der Waals surface area contributed by atoms with Crippen LogP contribution in [0.25, 0.3) is 11.0 Å². The quantitative estimate of drug-likeness (QED) is 0.841. The summed E-state index contributed by atoms with van der Waals surface area (Å²) in [6.07, 6.45) is 1.16. The van der Waals surface area contributed by atoms with Gasteiger partial charge in [-0.2, -0.15) is 0 Å². The molecule has 0 amide bonds. The third-order valence-corrected chi connectivity index (χ3v) is 3.33. The van der Waals surface area contributed by atoms with Crippen molar-refractivity contribution in [3.8, 4) is 0 Å². The van der Waals surface area contributed by atoms with Crippen molar-refractivity contribution >= 4 is 16.8 Å². The zero-order valence-electron chi connectivity index (χ0n) is 9.96. The first-order valence-corrected chi connectivity index (χ1v) is 6.16. The van der Waals surface area contributed by atoms with E-state index in [9.17, 15) is 4.79 Å². The maximum Gasteiger partial charge on any atom is 0.226 e. The van der Waals surface area contributed by atoms with Gasteiger partial charge in [0.05, 0.1) is 6.10 Å². The highest BCUT2D eigenvalue weighted by molar-refractivity contribution is 6.00. The third kappa shape index (κ3) is 1.94. The molecule has 3 rings (SSSR count). The molecule has 1 saturated heterocycles. The van der Waals surface area contributed by atoms with Crippen molar-refractivity contribution in [3.05, 3.63) is 36.1 Å². The van der Waals surface area contributed by atoms with Crippen LogP contribution < -0.4 is 5.73 Å². The van der Waals surface area contributed by atoms with Gasteiger partial charge in [0.2, 0.25) is 5.78 Å². The molecule has 0 radical (unpaired) electrons. The Kier molecular flexibility index (Phi) is 2.89. The molecule has 1 fully saturated rings. The van der Waals surface area contributed by atoms with Gasteiger partial charge in [-0.1, -0.05) is 18.2 Å². The summed E-state index contributed by atoms with van der Waals surface area (Å²) in [6.45, 7) is 0.462. The smallest absolute Gasteiger partial charge is 0.226 e. The SMILES string of the molecule is NCC1CCC(C(=O)c2cc3ccccc3o2)O1. The molecule has 1 aliphatic heterocycles. The third-order valence-electron chi connectivity index (χ3n) is 3.33. The molecule has 4 nitrogen and oxygen atoms in total. The van der Waals surface area contributed by atoms with Gasteiger partial charge in [-0.15, -0.1) is 0 Å². The Labute approximate surface area is 105 Å².